The number of rotatable bonds is 3. The Bertz CT molecular complexity index is 481. The molecule has 2 rings (SSSR count). The lowest BCUT2D eigenvalue weighted by Crippen LogP contribution is -2.42. The van der Waals surface area contributed by atoms with Crippen LogP contribution in [0.2, 0.25) is 5.02 Å². The van der Waals surface area contributed by atoms with Gasteiger partial charge in [0.05, 0.1) is 5.92 Å². The van der Waals surface area contributed by atoms with E-state index in [4.69, 9.17) is 11.6 Å². The van der Waals surface area contributed by atoms with Gasteiger partial charge in [-0.1, -0.05) is 40.5 Å². The molecule has 0 bridgehead atoms. The predicted molar refractivity (Wildman–Crippen MR) is 79.3 cm³/mol. The fraction of sp³-hybridized carbons (Fsp3) is 0.500. The topological polar surface area (TPSA) is 40.5 Å². The van der Waals surface area contributed by atoms with Crippen LogP contribution in [0.1, 0.15) is 18.9 Å². The smallest absolute Gasteiger partial charge is 0.307 e. The Hall–Kier alpha value is -0.580. The van der Waals surface area contributed by atoms with Gasteiger partial charge in [0, 0.05) is 29.1 Å². The van der Waals surface area contributed by atoms with Crippen molar-refractivity contribution in [2.24, 2.45) is 11.8 Å². The zero-order valence-corrected chi connectivity index (χ0v) is 13.1. The molecule has 1 fully saturated rings. The molecule has 0 amide bonds. The molecule has 2 unspecified atom stereocenters. The molecule has 1 heterocycles. The molecule has 0 spiro atoms. The van der Waals surface area contributed by atoms with E-state index in [2.05, 4.69) is 27.8 Å². The van der Waals surface area contributed by atoms with Crippen LogP contribution in [0.25, 0.3) is 0 Å². The molecule has 1 saturated heterocycles. The maximum absolute atomic E-state index is 11.2. The van der Waals surface area contributed by atoms with Gasteiger partial charge in [-0.15, -0.1) is 0 Å². The molecule has 1 aromatic rings. The van der Waals surface area contributed by atoms with E-state index >= 15 is 0 Å². The van der Waals surface area contributed by atoms with Crippen molar-refractivity contribution in [3.63, 3.8) is 0 Å². The zero-order valence-electron chi connectivity index (χ0n) is 10.8. The van der Waals surface area contributed by atoms with Crippen LogP contribution in [0.3, 0.4) is 0 Å². The first-order valence-corrected chi connectivity index (χ1v) is 7.52. The molecular weight excluding hydrogens is 330 g/mol. The summed E-state index contributed by atoms with van der Waals surface area (Å²) in [6.07, 6.45) is 0.771. The van der Waals surface area contributed by atoms with E-state index < -0.39 is 5.97 Å². The quantitative estimate of drug-likeness (QED) is 0.908. The molecule has 1 N–H and O–H groups in total. The van der Waals surface area contributed by atoms with Crippen LogP contribution in [-0.4, -0.2) is 29.1 Å². The second-order valence-corrected chi connectivity index (χ2v) is 6.60. The van der Waals surface area contributed by atoms with Crippen LogP contribution in [0.5, 0.6) is 0 Å². The zero-order chi connectivity index (χ0) is 14.0. The lowest BCUT2D eigenvalue weighted by Gasteiger charge is -2.34. The van der Waals surface area contributed by atoms with Gasteiger partial charge < -0.3 is 5.11 Å². The second-order valence-electron chi connectivity index (χ2n) is 5.31. The third kappa shape index (κ3) is 3.94. The summed E-state index contributed by atoms with van der Waals surface area (Å²) in [7, 11) is 0. The van der Waals surface area contributed by atoms with E-state index in [-0.39, 0.29) is 5.92 Å². The van der Waals surface area contributed by atoms with E-state index in [1.165, 1.54) is 0 Å². The van der Waals surface area contributed by atoms with Crippen LogP contribution in [-0.2, 0) is 11.3 Å². The SMILES string of the molecule is CC1CC(C(=O)O)CN(Cc2ccc(Cl)cc2Br)C1. The average molecular weight is 347 g/mol. The van der Waals surface area contributed by atoms with Gasteiger partial charge in [0.25, 0.3) is 0 Å². The van der Waals surface area contributed by atoms with Crippen molar-refractivity contribution in [2.45, 2.75) is 19.9 Å². The number of likely N-dealkylation sites (tertiary alicyclic amines) is 1. The Morgan fingerprint density at radius 1 is 1.53 bits per heavy atom. The van der Waals surface area contributed by atoms with Crippen molar-refractivity contribution in [1.29, 1.82) is 0 Å². The maximum Gasteiger partial charge on any atom is 0.307 e. The minimum Gasteiger partial charge on any atom is -0.481 e. The molecule has 0 aliphatic carbocycles. The molecule has 1 aliphatic rings. The van der Waals surface area contributed by atoms with Crippen LogP contribution < -0.4 is 0 Å². The molecule has 2 atom stereocenters. The molecule has 1 aromatic carbocycles. The lowest BCUT2D eigenvalue weighted by molar-refractivity contribution is -0.144. The Labute approximate surface area is 126 Å². The van der Waals surface area contributed by atoms with Gasteiger partial charge in [0.1, 0.15) is 0 Å². The molecule has 5 heteroatoms. The number of hydrogen-bond donors (Lipinski definition) is 1. The number of carboxylic acids is 1. The number of halogens is 2. The fourth-order valence-electron chi connectivity index (χ4n) is 2.66. The van der Waals surface area contributed by atoms with E-state index in [9.17, 15) is 9.90 Å². The highest BCUT2D eigenvalue weighted by Gasteiger charge is 2.29. The number of carbonyl (C=O) groups is 1. The number of nitrogens with zero attached hydrogens (tertiary/aromatic N) is 1. The minimum absolute atomic E-state index is 0.255. The van der Waals surface area contributed by atoms with Crippen molar-refractivity contribution in [1.82, 2.24) is 4.90 Å². The van der Waals surface area contributed by atoms with Gasteiger partial charge in [-0.25, -0.2) is 0 Å². The molecular formula is C14H17BrClNO2. The fourth-order valence-corrected chi connectivity index (χ4v) is 3.47. The van der Waals surface area contributed by atoms with Crippen LogP contribution in [0, 0.1) is 11.8 Å². The summed E-state index contributed by atoms with van der Waals surface area (Å²) in [5, 5.41) is 9.88. The van der Waals surface area contributed by atoms with Crippen LogP contribution in [0.15, 0.2) is 22.7 Å². The molecule has 1 aliphatic heterocycles. The monoisotopic (exact) mass is 345 g/mol. The number of piperidine rings is 1. The minimum atomic E-state index is -0.688. The van der Waals surface area contributed by atoms with E-state index in [0.29, 0.717) is 17.5 Å². The highest BCUT2D eigenvalue weighted by molar-refractivity contribution is 9.10. The maximum atomic E-state index is 11.2. The highest BCUT2D eigenvalue weighted by Crippen LogP contribution is 2.27. The third-order valence-corrected chi connectivity index (χ3v) is 4.47. The summed E-state index contributed by atoms with van der Waals surface area (Å²) in [5.41, 5.74) is 1.14. The van der Waals surface area contributed by atoms with Gasteiger partial charge in [0.15, 0.2) is 0 Å². The standard InChI is InChI=1S/C14H17BrClNO2/c1-9-4-11(14(18)19)8-17(6-9)7-10-2-3-12(16)5-13(10)15/h2-3,5,9,11H,4,6-8H2,1H3,(H,18,19). The summed E-state index contributed by atoms with van der Waals surface area (Å²) in [5.74, 6) is -0.525. The molecule has 19 heavy (non-hydrogen) atoms. The van der Waals surface area contributed by atoms with E-state index in [0.717, 1.165) is 29.5 Å². The number of carboxylic acid groups (broad SMARTS) is 1. The normalized spacial score (nSPS) is 24.4. The largest absolute Gasteiger partial charge is 0.481 e. The molecule has 0 radical (unpaired) electrons. The van der Waals surface area contributed by atoms with Gasteiger partial charge >= 0.3 is 5.97 Å². The van der Waals surface area contributed by atoms with Crippen molar-refractivity contribution in [3.8, 4) is 0 Å². The van der Waals surface area contributed by atoms with Crippen molar-refractivity contribution in [2.75, 3.05) is 13.1 Å². The van der Waals surface area contributed by atoms with Gasteiger partial charge in [-0.2, -0.15) is 0 Å². The Morgan fingerprint density at radius 2 is 2.26 bits per heavy atom. The third-order valence-electron chi connectivity index (χ3n) is 3.49. The van der Waals surface area contributed by atoms with E-state index in [1.807, 2.05) is 18.2 Å². The molecule has 0 saturated carbocycles. The summed E-state index contributed by atoms with van der Waals surface area (Å²) < 4.78 is 0.977. The second kappa shape index (κ2) is 6.25. The summed E-state index contributed by atoms with van der Waals surface area (Å²) in [6.45, 7) is 4.43. The first kappa shape index (κ1) is 14.8. The number of benzene rings is 1. The predicted octanol–water partition coefficient (Wildman–Crippen LogP) is 3.65. The summed E-state index contributed by atoms with van der Waals surface area (Å²) in [4.78, 5) is 13.4. The lowest BCUT2D eigenvalue weighted by atomic mass is 9.90. The van der Waals surface area contributed by atoms with Gasteiger partial charge in [-0.05, 0) is 30.0 Å². The Balaban J connectivity index is 2.07. The molecule has 104 valence electrons. The van der Waals surface area contributed by atoms with Gasteiger partial charge in [-0.3, -0.25) is 9.69 Å². The summed E-state index contributed by atoms with van der Waals surface area (Å²) >= 11 is 9.43. The first-order valence-electron chi connectivity index (χ1n) is 6.34. The average Bonchev–Trinajstić information content (AvgIpc) is 2.32. The first-order chi connectivity index (χ1) is 8.95. The Morgan fingerprint density at radius 3 is 2.89 bits per heavy atom. The van der Waals surface area contributed by atoms with Crippen molar-refractivity contribution >= 4 is 33.5 Å². The molecule has 3 nitrogen and oxygen atoms in total. The number of hydrogen-bond acceptors (Lipinski definition) is 2. The van der Waals surface area contributed by atoms with Crippen molar-refractivity contribution < 1.29 is 9.90 Å². The van der Waals surface area contributed by atoms with Crippen LogP contribution in [0.4, 0.5) is 0 Å². The summed E-state index contributed by atoms with van der Waals surface area (Å²) in [6, 6.07) is 5.73. The molecule has 0 aromatic heterocycles. The highest BCUT2D eigenvalue weighted by atomic mass is 79.9. The number of aliphatic carboxylic acids is 1. The van der Waals surface area contributed by atoms with Crippen LogP contribution >= 0.6 is 27.5 Å². The Kier molecular flexibility index (Phi) is 4.87. The van der Waals surface area contributed by atoms with Gasteiger partial charge in [0.2, 0.25) is 0 Å². The van der Waals surface area contributed by atoms with E-state index in [1.54, 1.807) is 0 Å². The van der Waals surface area contributed by atoms with Crippen molar-refractivity contribution in [3.05, 3.63) is 33.3 Å².